The normalized spacial score (nSPS) is 18.2. The highest BCUT2D eigenvalue weighted by Gasteiger charge is 2.18. The Balaban J connectivity index is 1.69. The van der Waals surface area contributed by atoms with Gasteiger partial charge >= 0.3 is 6.03 Å². The molecule has 1 aromatic carbocycles. The topological polar surface area (TPSA) is 88.4 Å². The summed E-state index contributed by atoms with van der Waals surface area (Å²) >= 11 is 0. The molecule has 0 bridgehead atoms. The number of nitriles is 1. The third-order valence-electron chi connectivity index (χ3n) is 4.73. The highest BCUT2D eigenvalue weighted by atomic mass is 16.3. The molecule has 1 aliphatic heterocycles. The standard InChI is InChI=1S/C19H28N4O2/c1-14-7-9-23(10-8-14)13-18(24)12-21-19(25)22-15(2)17-5-3-16(11-20)4-6-17/h3-6,14-15,18,24H,7-10,12-13H2,1-2H3,(H2,21,22,25). The van der Waals surface area contributed by atoms with Gasteiger partial charge in [-0.2, -0.15) is 5.26 Å². The van der Waals surface area contributed by atoms with E-state index in [1.165, 1.54) is 12.8 Å². The van der Waals surface area contributed by atoms with E-state index in [1.807, 2.05) is 19.1 Å². The Bertz CT molecular complexity index is 588. The molecule has 6 heteroatoms. The van der Waals surface area contributed by atoms with E-state index in [0.29, 0.717) is 12.1 Å². The van der Waals surface area contributed by atoms with Crippen molar-refractivity contribution in [2.45, 2.75) is 38.8 Å². The summed E-state index contributed by atoms with van der Waals surface area (Å²) in [6.07, 6.45) is 1.77. The Hall–Kier alpha value is -2.10. The van der Waals surface area contributed by atoms with E-state index >= 15 is 0 Å². The summed E-state index contributed by atoms with van der Waals surface area (Å²) in [5, 5.41) is 24.5. The van der Waals surface area contributed by atoms with Crippen LogP contribution in [0.2, 0.25) is 0 Å². The van der Waals surface area contributed by atoms with Gasteiger partial charge in [-0.15, -0.1) is 0 Å². The summed E-state index contributed by atoms with van der Waals surface area (Å²) in [6.45, 7) is 7.00. The molecule has 1 saturated heterocycles. The number of nitrogens with one attached hydrogen (secondary N) is 2. The van der Waals surface area contributed by atoms with E-state index in [4.69, 9.17) is 5.26 Å². The van der Waals surface area contributed by atoms with Crippen molar-refractivity contribution in [3.8, 4) is 6.07 Å². The van der Waals surface area contributed by atoms with Crippen LogP contribution in [-0.4, -0.2) is 48.3 Å². The number of likely N-dealkylation sites (tertiary alicyclic amines) is 1. The molecule has 0 spiro atoms. The Kier molecular flexibility index (Phi) is 7.23. The van der Waals surface area contributed by atoms with Crippen LogP contribution in [0.25, 0.3) is 0 Å². The van der Waals surface area contributed by atoms with Crippen molar-refractivity contribution >= 4 is 6.03 Å². The largest absolute Gasteiger partial charge is 0.390 e. The highest BCUT2D eigenvalue weighted by molar-refractivity contribution is 5.74. The second kappa shape index (κ2) is 9.40. The average molecular weight is 344 g/mol. The zero-order chi connectivity index (χ0) is 18.2. The van der Waals surface area contributed by atoms with Gasteiger partial charge in [0.15, 0.2) is 0 Å². The van der Waals surface area contributed by atoms with E-state index in [0.717, 1.165) is 24.6 Å². The minimum atomic E-state index is -0.565. The molecular formula is C19H28N4O2. The first-order chi connectivity index (χ1) is 12.0. The van der Waals surface area contributed by atoms with Crippen molar-refractivity contribution in [2.75, 3.05) is 26.2 Å². The Morgan fingerprint density at radius 1 is 1.36 bits per heavy atom. The van der Waals surface area contributed by atoms with Crippen LogP contribution < -0.4 is 10.6 Å². The Labute approximate surface area is 149 Å². The molecule has 1 heterocycles. The molecule has 136 valence electrons. The lowest BCUT2D eigenvalue weighted by Gasteiger charge is -2.31. The van der Waals surface area contributed by atoms with Crippen LogP contribution in [0.4, 0.5) is 4.79 Å². The van der Waals surface area contributed by atoms with Crippen LogP contribution in [0.5, 0.6) is 0 Å². The SMILES string of the molecule is CC1CCN(CC(O)CNC(=O)NC(C)c2ccc(C#N)cc2)CC1. The van der Waals surface area contributed by atoms with E-state index in [1.54, 1.807) is 12.1 Å². The van der Waals surface area contributed by atoms with Crippen molar-refractivity contribution < 1.29 is 9.90 Å². The van der Waals surface area contributed by atoms with Gasteiger partial charge in [0.2, 0.25) is 0 Å². The van der Waals surface area contributed by atoms with Gasteiger partial charge in [0.05, 0.1) is 23.8 Å². The first-order valence-corrected chi connectivity index (χ1v) is 8.92. The molecular weight excluding hydrogens is 316 g/mol. The zero-order valence-electron chi connectivity index (χ0n) is 15.0. The predicted octanol–water partition coefficient (Wildman–Crippen LogP) is 2.01. The van der Waals surface area contributed by atoms with E-state index in [2.05, 4.69) is 28.5 Å². The van der Waals surface area contributed by atoms with Crippen molar-refractivity contribution in [3.63, 3.8) is 0 Å². The summed E-state index contributed by atoms with van der Waals surface area (Å²) in [4.78, 5) is 14.2. The van der Waals surface area contributed by atoms with E-state index in [-0.39, 0.29) is 18.6 Å². The summed E-state index contributed by atoms with van der Waals surface area (Å²) < 4.78 is 0. The maximum atomic E-state index is 12.0. The van der Waals surface area contributed by atoms with Crippen LogP contribution in [-0.2, 0) is 0 Å². The van der Waals surface area contributed by atoms with Gasteiger partial charge in [-0.05, 0) is 56.5 Å². The fourth-order valence-corrected chi connectivity index (χ4v) is 3.00. The maximum absolute atomic E-state index is 12.0. The van der Waals surface area contributed by atoms with Crippen molar-refractivity contribution in [1.29, 1.82) is 5.26 Å². The highest BCUT2D eigenvalue weighted by Crippen LogP contribution is 2.16. The lowest BCUT2D eigenvalue weighted by molar-refractivity contribution is 0.0919. The number of hydrogen-bond acceptors (Lipinski definition) is 4. The fourth-order valence-electron chi connectivity index (χ4n) is 3.00. The van der Waals surface area contributed by atoms with Crippen LogP contribution in [0, 0.1) is 17.2 Å². The summed E-state index contributed by atoms with van der Waals surface area (Å²) in [7, 11) is 0. The van der Waals surface area contributed by atoms with Crippen LogP contribution in [0.3, 0.4) is 0 Å². The van der Waals surface area contributed by atoms with Crippen LogP contribution in [0.1, 0.15) is 43.9 Å². The monoisotopic (exact) mass is 344 g/mol. The molecule has 0 saturated carbocycles. The van der Waals surface area contributed by atoms with Crippen molar-refractivity contribution in [2.24, 2.45) is 5.92 Å². The molecule has 1 aromatic rings. The van der Waals surface area contributed by atoms with Gasteiger partial charge in [0, 0.05) is 13.1 Å². The molecule has 2 amide bonds. The molecule has 25 heavy (non-hydrogen) atoms. The number of aliphatic hydroxyl groups is 1. The summed E-state index contributed by atoms with van der Waals surface area (Å²) in [5.74, 6) is 0.765. The minimum Gasteiger partial charge on any atom is -0.390 e. The predicted molar refractivity (Wildman–Crippen MR) is 97.0 cm³/mol. The molecule has 1 aliphatic rings. The second-order valence-electron chi connectivity index (χ2n) is 6.95. The molecule has 3 N–H and O–H groups in total. The van der Waals surface area contributed by atoms with Gasteiger partial charge in [-0.25, -0.2) is 4.79 Å². The number of urea groups is 1. The van der Waals surface area contributed by atoms with Gasteiger partial charge < -0.3 is 20.6 Å². The molecule has 0 aliphatic carbocycles. The zero-order valence-corrected chi connectivity index (χ0v) is 15.0. The number of carbonyl (C=O) groups is 1. The third kappa shape index (κ3) is 6.37. The van der Waals surface area contributed by atoms with Gasteiger partial charge in [0.25, 0.3) is 0 Å². The molecule has 2 unspecified atom stereocenters. The minimum absolute atomic E-state index is 0.173. The van der Waals surface area contributed by atoms with Crippen molar-refractivity contribution in [1.82, 2.24) is 15.5 Å². The first kappa shape index (κ1) is 19.2. The molecule has 1 fully saturated rings. The molecule has 0 radical (unpaired) electrons. The number of carbonyl (C=O) groups excluding carboxylic acids is 1. The molecule has 6 nitrogen and oxygen atoms in total. The average Bonchev–Trinajstić information content (AvgIpc) is 2.62. The van der Waals surface area contributed by atoms with Crippen molar-refractivity contribution in [3.05, 3.63) is 35.4 Å². The fraction of sp³-hybridized carbons (Fsp3) is 0.579. The maximum Gasteiger partial charge on any atom is 0.315 e. The first-order valence-electron chi connectivity index (χ1n) is 8.92. The quantitative estimate of drug-likeness (QED) is 0.736. The number of rotatable bonds is 6. The van der Waals surface area contributed by atoms with E-state index in [9.17, 15) is 9.90 Å². The molecule has 0 aromatic heterocycles. The molecule has 2 atom stereocenters. The Morgan fingerprint density at radius 2 is 2.00 bits per heavy atom. The lowest BCUT2D eigenvalue weighted by atomic mass is 9.99. The van der Waals surface area contributed by atoms with Gasteiger partial charge in [0.1, 0.15) is 0 Å². The van der Waals surface area contributed by atoms with Crippen LogP contribution in [0.15, 0.2) is 24.3 Å². The number of piperidine rings is 1. The summed E-state index contributed by atoms with van der Waals surface area (Å²) in [6, 6.07) is 8.72. The smallest absolute Gasteiger partial charge is 0.315 e. The van der Waals surface area contributed by atoms with E-state index < -0.39 is 6.10 Å². The molecule has 2 rings (SSSR count). The number of benzene rings is 1. The summed E-state index contributed by atoms with van der Waals surface area (Å²) in [5.41, 5.74) is 1.52. The van der Waals surface area contributed by atoms with Gasteiger partial charge in [-0.1, -0.05) is 19.1 Å². The number of aliphatic hydroxyl groups excluding tert-OH is 1. The number of nitrogens with zero attached hydrogens (tertiary/aromatic N) is 2. The second-order valence-corrected chi connectivity index (χ2v) is 6.95. The lowest BCUT2D eigenvalue weighted by Crippen LogP contribution is -2.45. The Morgan fingerprint density at radius 3 is 2.60 bits per heavy atom. The van der Waals surface area contributed by atoms with Gasteiger partial charge in [-0.3, -0.25) is 0 Å². The van der Waals surface area contributed by atoms with Crippen LogP contribution >= 0.6 is 0 Å². The number of β-amino-alcohol motifs (C(OH)–C–C–N with tert-alkyl or cyclic N) is 1. The number of hydrogen-bond donors (Lipinski definition) is 3. The number of amides is 2. The third-order valence-corrected chi connectivity index (χ3v) is 4.73.